The smallest absolute Gasteiger partial charge is 0.381 e. The van der Waals surface area contributed by atoms with Crippen molar-refractivity contribution in [3.63, 3.8) is 0 Å². The van der Waals surface area contributed by atoms with Crippen LogP contribution in [0, 0.1) is 5.92 Å². The van der Waals surface area contributed by atoms with Gasteiger partial charge in [0.1, 0.15) is 0 Å². The van der Waals surface area contributed by atoms with Gasteiger partial charge in [0, 0.05) is 25.7 Å². The summed E-state index contributed by atoms with van der Waals surface area (Å²) in [5.74, 6) is -0.0697. The summed E-state index contributed by atoms with van der Waals surface area (Å²) < 4.78 is 37.5. The third kappa shape index (κ3) is 6.92. The van der Waals surface area contributed by atoms with Crippen LogP contribution < -0.4 is 5.32 Å². The normalized spacial score (nSPS) is 22.5. The molecular formula is C19H32F3N3O3. The molecule has 1 aliphatic carbocycles. The number of nitrogens with one attached hydrogen (secondary N) is 1. The lowest BCUT2D eigenvalue weighted by Crippen LogP contribution is -2.55. The Morgan fingerprint density at radius 2 is 1.82 bits per heavy atom. The lowest BCUT2D eigenvalue weighted by Gasteiger charge is -2.40. The van der Waals surface area contributed by atoms with Crippen LogP contribution >= 0.6 is 0 Å². The molecule has 2 amide bonds. The van der Waals surface area contributed by atoms with E-state index < -0.39 is 30.8 Å². The molecule has 0 spiro atoms. The van der Waals surface area contributed by atoms with Crippen molar-refractivity contribution in [1.29, 1.82) is 0 Å². The molecule has 0 aromatic rings. The Labute approximate surface area is 164 Å². The number of halogens is 3. The van der Waals surface area contributed by atoms with E-state index in [0.717, 1.165) is 25.7 Å². The number of aliphatic hydroxyl groups is 1. The minimum absolute atomic E-state index is 0.227. The number of alkyl halides is 3. The second kappa shape index (κ2) is 10.4. The van der Waals surface area contributed by atoms with Crippen LogP contribution in [-0.4, -0.2) is 77.8 Å². The third-order valence-corrected chi connectivity index (χ3v) is 5.99. The molecule has 1 aliphatic heterocycles. The Morgan fingerprint density at radius 3 is 2.36 bits per heavy atom. The van der Waals surface area contributed by atoms with E-state index >= 15 is 0 Å². The molecule has 28 heavy (non-hydrogen) atoms. The van der Waals surface area contributed by atoms with Crippen molar-refractivity contribution in [2.24, 2.45) is 5.92 Å². The molecule has 9 heteroatoms. The standard InChI is InChI=1S/C19H32F3N3O3/c1-14(17(27)18(28)23-11-15-5-3-2-4-6-15)25(13-26)16-7-9-24(10-8-16)12-19(20,21)22/h13-17,27H,2-12H2,1H3,(H,23,28). The van der Waals surface area contributed by atoms with Crippen LogP contribution in [0.5, 0.6) is 0 Å². The van der Waals surface area contributed by atoms with Crippen LogP contribution in [0.25, 0.3) is 0 Å². The van der Waals surface area contributed by atoms with E-state index in [1.165, 1.54) is 16.2 Å². The summed E-state index contributed by atoms with van der Waals surface area (Å²) in [4.78, 5) is 26.6. The molecule has 1 saturated heterocycles. The molecule has 2 atom stereocenters. The number of hydrogen-bond acceptors (Lipinski definition) is 4. The molecule has 162 valence electrons. The number of hydrogen-bond donors (Lipinski definition) is 2. The van der Waals surface area contributed by atoms with Crippen molar-refractivity contribution in [3.8, 4) is 0 Å². The first kappa shape index (κ1) is 22.9. The molecule has 0 aromatic heterocycles. The molecule has 0 aromatic carbocycles. The van der Waals surface area contributed by atoms with Crippen LogP contribution in [0.1, 0.15) is 51.9 Å². The summed E-state index contributed by atoms with van der Waals surface area (Å²) in [6.07, 6.45) is 1.44. The van der Waals surface area contributed by atoms with Crippen LogP contribution in [0.4, 0.5) is 13.2 Å². The Balaban J connectivity index is 1.81. The zero-order chi connectivity index (χ0) is 20.7. The molecule has 2 aliphatic rings. The van der Waals surface area contributed by atoms with Gasteiger partial charge in [0.2, 0.25) is 6.41 Å². The van der Waals surface area contributed by atoms with E-state index in [4.69, 9.17) is 0 Å². The highest BCUT2D eigenvalue weighted by Crippen LogP contribution is 2.24. The zero-order valence-corrected chi connectivity index (χ0v) is 16.5. The number of piperidine rings is 1. The molecule has 1 saturated carbocycles. The molecule has 0 radical (unpaired) electrons. The first-order valence-corrected chi connectivity index (χ1v) is 10.2. The highest BCUT2D eigenvalue weighted by atomic mass is 19.4. The predicted molar refractivity (Wildman–Crippen MR) is 98.5 cm³/mol. The molecule has 1 heterocycles. The van der Waals surface area contributed by atoms with Crippen LogP contribution in [0.15, 0.2) is 0 Å². The maximum absolute atomic E-state index is 12.5. The van der Waals surface area contributed by atoms with Crippen molar-refractivity contribution in [1.82, 2.24) is 15.1 Å². The van der Waals surface area contributed by atoms with Gasteiger partial charge in [-0.25, -0.2) is 0 Å². The zero-order valence-electron chi connectivity index (χ0n) is 16.5. The van der Waals surface area contributed by atoms with Crippen LogP contribution in [-0.2, 0) is 9.59 Å². The van der Waals surface area contributed by atoms with Crippen molar-refractivity contribution < 1.29 is 27.9 Å². The van der Waals surface area contributed by atoms with Gasteiger partial charge in [-0.15, -0.1) is 0 Å². The summed E-state index contributed by atoms with van der Waals surface area (Å²) in [6, 6.07) is -1.01. The van der Waals surface area contributed by atoms with Gasteiger partial charge in [0.05, 0.1) is 12.6 Å². The van der Waals surface area contributed by atoms with Crippen molar-refractivity contribution in [3.05, 3.63) is 0 Å². The molecule has 2 N–H and O–H groups in total. The minimum atomic E-state index is -4.24. The molecule has 6 nitrogen and oxygen atoms in total. The second-order valence-corrected chi connectivity index (χ2v) is 8.11. The predicted octanol–water partition coefficient (Wildman–Crippen LogP) is 1.92. The van der Waals surface area contributed by atoms with Crippen molar-refractivity contribution >= 4 is 12.3 Å². The number of likely N-dealkylation sites (tertiary alicyclic amines) is 1. The first-order valence-electron chi connectivity index (χ1n) is 10.2. The van der Waals surface area contributed by atoms with E-state index in [0.29, 0.717) is 31.7 Å². The Hall–Kier alpha value is -1.35. The summed E-state index contributed by atoms with van der Waals surface area (Å²) in [5, 5.41) is 13.2. The van der Waals surface area contributed by atoms with Gasteiger partial charge in [0.15, 0.2) is 6.10 Å². The lowest BCUT2D eigenvalue weighted by molar-refractivity contribution is -0.151. The Kier molecular flexibility index (Phi) is 8.55. The van der Waals surface area contributed by atoms with Gasteiger partial charge in [-0.3, -0.25) is 14.5 Å². The second-order valence-electron chi connectivity index (χ2n) is 8.11. The van der Waals surface area contributed by atoms with Crippen LogP contribution in [0.3, 0.4) is 0 Å². The molecule has 0 bridgehead atoms. The number of nitrogens with zero attached hydrogens (tertiary/aromatic N) is 2. The lowest BCUT2D eigenvalue weighted by atomic mass is 9.89. The van der Waals surface area contributed by atoms with Gasteiger partial charge < -0.3 is 15.3 Å². The number of carbonyl (C=O) groups is 2. The van der Waals surface area contributed by atoms with Gasteiger partial charge in [-0.05, 0) is 38.5 Å². The SMILES string of the molecule is CC(C(O)C(=O)NCC1CCCCC1)N(C=O)C1CCN(CC(F)(F)F)CC1. The van der Waals surface area contributed by atoms with Gasteiger partial charge in [0.25, 0.3) is 5.91 Å². The summed E-state index contributed by atoms with van der Waals surface area (Å²) in [7, 11) is 0. The minimum Gasteiger partial charge on any atom is -0.381 e. The fourth-order valence-corrected chi connectivity index (χ4v) is 4.27. The quantitative estimate of drug-likeness (QED) is 0.603. The summed E-state index contributed by atoms with van der Waals surface area (Å²) in [5.41, 5.74) is 0. The maximum Gasteiger partial charge on any atom is 0.401 e. The number of aliphatic hydroxyl groups excluding tert-OH is 1. The fraction of sp³-hybridized carbons (Fsp3) is 0.895. The van der Waals surface area contributed by atoms with Crippen molar-refractivity contribution in [2.75, 3.05) is 26.2 Å². The number of rotatable bonds is 8. The average Bonchev–Trinajstić information content (AvgIpc) is 2.67. The van der Waals surface area contributed by atoms with Gasteiger partial charge in [-0.1, -0.05) is 19.3 Å². The van der Waals surface area contributed by atoms with Gasteiger partial charge in [-0.2, -0.15) is 13.2 Å². The summed E-state index contributed by atoms with van der Waals surface area (Å²) in [6.45, 7) is 1.62. The van der Waals surface area contributed by atoms with Crippen molar-refractivity contribution in [2.45, 2.75) is 76.2 Å². The van der Waals surface area contributed by atoms with E-state index in [2.05, 4.69) is 5.32 Å². The topological polar surface area (TPSA) is 72.9 Å². The Bertz CT molecular complexity index is 504. The molecular weight excluding hydrogens is 375 g/mol. The maximum atomic E-state index is 12.5. The summed E-state index contributed by atoms with van der Waals surface area (Å²) >= 11 is 0. The van der Waals surface area contributed by atoms with E-state index in [1.807, 2.05) is 0 Å². The fourth-order valence-electron chi connectivity index (χ4n) is 4.27. The largest absolute Gasteiger partial charge is 0.401 e. The molecule has 2 fully saturated rings. The third-order valence-electron chi connectivity index (χ3n) is 5.99. The monoisotopic (exact) mass is 407 g/mol. The Morgan fingerprint density at radius 1 is 1.21 bits per heavy atom. The highest BCUT2D eigenvalue weighted by molar-refractivity contribution is 5.81. The van der Waals surface area contributed by atoms with E-state index in [-0.39, 0.29) is 19.1 Å². The van der Waals surface area contributed by atoms with E-state index in [9.17, 15) is 27.9 Å². The average molecular weight is 407 g/mol. The first-order chi connectivity index (χ1) is 13.2. The van der Waals surface area contributed by atoms with Gasteiger partial charge >= 0.3 is 6.18 Å². The van der Waals surface area contributed by atoms with E-state index in [1.54, 1.807) is 6.92 Å². The highest BCUT2D eigenvalue weighted by Gasteiger charge is 2.36. The van der Waals surface area contributed by atoms with Crippen LogP contribution in [0.2, 0.25) is 0 Å². The molecule has 2 unspecified atom stereocenters. The number of amides is 2. The number of carbonyl (C=O) groups excluding carboxylic acids is 2. The molecule has 2 rings (SSSR count).